The number of hydrogen-bond donors (Lipinski definition) is 0. The van der Waals surface area contributed by atoms with Gasteiger partial charge >= 0.3 is 17.9 Å². The van der Waals surface area contributed by atoms with Crippen molar-refractivity contribution in [1.29, 1.82) is 0 Å². The highest BCUT2D eigenvalue weighted by atomic mass is 16.6. The van der Waals surface area contributed by atoms with Crippen molar-refractivity contribution in [3.63, 3.8) is 0 Å². The monoisotopic (exact) mass is 1090 g/mol. The van der Waals surface area contributed by atoms with Gasteiger partial charge in [-0.3, -0.25) is 14.4 Å². The fraction of sp³-hybridized carbons (Fsp3) is 0.764. The number of esters is 3. The Balaban J connectivity index is 4.33. The summed E-state index contributed by atoms with van der Waals surface area (Å²) in [6, 6.07) is 0. The summed E-state index contributed by atoms with van der Waals surface area (Å²) >= 11 is 0. The van der Waals surface area contributed by atoms with Crippen LogP contribution >= 0.6 is 0 Å². The van der Waals surface area contributed by atoms with Crippen LogP contribution in [-0.2, 0) is 28.6 Å². The van der Waals surface area contributed by atoms with Crippen LogP contribution < -0.4 is 0 Å². The fourth-order valence-corrected chi connectivity index (χ4v) is 9.62. The minimum Gasteiger partial charge on any atom is -0.462 e. The van der Waals surface area contributed by atoms with Crippen molar-refractivity contribution >= 4 is 17.9 Å². The van der Waals surface area contributed by atoms with E-state index < -0.39 is 6.10 Å². The number of unbranched alkanes of at least 4 members (excludes halogenated alkanes) is 36. The highest BCUT2D eigenvalue weighted by Crippen LogP contribution is 2.17. The molecule has 0 aliphatic carbocycles. The van der Waals surface area contributed by atoms with Gasteiger partial charge in [0, 0.05) is 19.3 Å². The van der Waals surface area contributed by atoms with E-state index in [9.17, 15) is 14.4 Å². The van der Waals surface area contributed by atoms with Crippen LogP contribution in [0.5, 0.6) is 0 Å². The van der Waals surface area contributed by atoms with Gasteiger partial charge in [-0.1, -0.05) is 305 Å². The van der Waals surface area contributed by atoms with Gasteiger partial charge in [-0.15, -0.1) is 0 Å². The van der Waals surface area contributed by atoms with E-state index in [2.05, 4.69) is 106 Å². The minimum absolute atomic E-state index is 0.0942. The van der Waals surface area contributed by atoms with Crippen molar-refractivity contribution in [2.45, 2.75) is 341 Å². The molecule has 450 valence electrons. The van der Waals surface area contributed by atoms with Crippen molar-refractivity contribution in [2.24, 2.45) is 0 Å². The zero-order valence-corrected chi connectivity index (χ0v) is 51.7. The van der Waals surface area contributed by atoms with Gasteiger partial charge in [0.15, 0.2) is 6.10 Å². The predicted octanol–water partition coefficient (Wildman–Crippen LogP) is 23.1. The third-order valence-electron chi connectivity index (χ3n) is 14.6. The highest BCUT2D eigenvalue weighted by Gasteiger charge is 2.19. The molecular formula is C72H126O6. The van der Waals surface area contributed by atoms with Crippen LogP contribution in [0, 0.1) is 0 Å². The highest BCUT2D eigenvalue weighted by molar-refractivity contribution is 5.71. The fourth-order valence-electron chi connectivity index (χ4n) is 9.62. The number of allylic oxidation sites excluding steroid dienone is 14. The van der Waals surface area contributed by atoms with Crippen LogP contribution in [0.1, 0.15) is 335 Å². The molecule has 0 fully saturated rings. The Kier molecular flexibility index (Phi) is 63.2. The maximum absolute atomic E-state index is 12.9. The van der Waals surface area contributed by atoms with E-state index in [4.69, 9.17) is 14.2 Å². The summed E-state index contributed by atoms with van der Waals surface area (Å²) in [6.07, 6.45) is 87.5. The lowest BCUT2D eigenvalue weighted by Crippen LogP contribution is -2.30. The van der Waals surface area contributed by atoms with E-state index in [1.54, 1.807) is 0 Å². The molecule has 0 radical (unpaired) electrons. The molecule has 0 N–H and O–H groups in total. The summed E-state index contributed by atoms with van der Waals surface area (Å²) in [7, 11) is 0. The summed E-state index contributed by atoms with van der Waals surface area (Å²) in [5.41, 5.74) is 0. The second-order valence-corrected chi connectivity index (χ2v) is 22.4. The zero-order valence-electron chi connectivity index (χ0n) is 51.7. The molecule has 6 nitrogen and oxygen atoms in total. The Labute approximate surface area is 484 Å². The summed E-state index contributed by atoms with van der Waals surface area (Å²) in [4.78, 5) is 38.3. The third-order valence-corrected chi connectivity index (χ3v) is 14.6. The minimum atomic E-state index is -0.803. The number of ether oxygens (including phenoxy) is 3. The first-order valence-electron chi connectivity index (χ1n) is 33.6. The smallest absolute Gasteiger partial charge is 0.306 e. The van der Waals surface area contributed by atoms with E-state index in [1.807, 2.05) is 0 Å². The molecule has 0 aromatic heterocycles. The second-order valence-electron chi connectivity index (χ2n) is 22.4. The van der Waals surface area contributed by atoms with Crippen LogP contribution in [0.2, 0.25) is 0 Å². The van der Waals surface area contributed by atoms with Gasteiger partial charge in [0.05, 0.1) is 0 Å². The lowest BCUT2D eigenvalue weighted by molar-refractivity contribution is -0.167. The van der Waals surface area contributed by atoms with Crippen LogP contribution in [0.25, 0.3) is 0 Å². The van der Waals surface area contributed by atoms with Gasteiger partial charge in [0.2, 0.25) is 0 Å². The quantitative estimate of drug-likeness (QED) is 0.0261. The van der Waals surface area contributed by atoms with E-state index in [-0.39, 0.29) is 37.5 Å². The summed E-state index contributed by atoms with van der Waals surface area (Å²) in [5, 5.41) is 0. The van der Waals surface area contributed by atoms with Crippen molar-refractivity contribution < 1.29 is 28.6 Å². The summed E-state index contributed by atoms with van der Waals surface area (Å²) in [5.74, 6) is -0.933. The van der Waals surface area contributed by atoms with Gasteiger partial charge < -0.3 is 14.2 Å². The number of carbonyl (C=O) groups excluding carboxylic acids is 3. The van der Waals surface area contributed by atoms with Gasteiger partial charge in [-0.2, -0.15) is 0 Å². The van der Waals surface area contributed by atoms with Crippen LogP contribution in [0.4, 0.5) is 0 Å². The summed E-state index contributed by atoms with van der Waals surface area (Å²) in [6.45, 7) is 6.51. The van der Waals surface area contributed by atoms with Crippen molar-refractivity contribution in [3.8, 4) is 0 Å². The summed E-state index contributed by atoms with van der Waals surface area (Å²) < 4.78 is 16.9. The van der Waals surface area contributed by atoms with Crippen LogP contribution in [0.3, 0.4) is 0 Å². The lowest BCUT2D eigenvalue weighted by Gasteiger charge is -2.18. The van der Waals surface area contributed by atoms with E-state index in [1.165, 1.54) is 193 Å². The SMILES string of the molecule is CC/C=C\C/C=C\C/C=C\C/C=C\C/C=C\C/C=C\CCCCC(=O)OC(COC(=O)CCCCCCC/C=C\CCCCCC)COC(=O)CCCCCCCCCCCCCCCCCCCCCCCCCCCC. The van der Waals surface area contributed by atoms with Crippen LogP contribution in [-0.4, -0.2) is 37.2 Å². The Hall–Kier alpha value is -3.41. The van der Waals surface area contributed by atoms with E-state index >= 15 is 0 Å². The van der Waals surface area contributed by atoms with Crippen molar-refractivity contribution in [2.75, 3.05) is 13.2 Å². The molecule has 1 atom stereocenters. The predicted molar refractivity (Wildman–Crippen MR) is 339 cm³/mol. The molecule has 0 aromatic carbocycles. The first kappa shape index (κ1) is 74.6. The molecule has 1 unspecified atom stereocenters. The first-order valence-corrected chi connectivity index (χ1v) is 33.6. The maximum Gasteiger partial charge on any atom is 0.306 e. The molecule has 0 aliphatic rings. The Bertz CT molecular complexity index is 1480. The standard InChI is InChI=1S/C72H126O6/c1-4-7-10-13-16-19-22-25-27-29-31-33-34-35-36-37-39-40-42-44-47-50-53-56-59-62-65-71(74)77-68-69(67-76-70(73)64-61-58-55-52-49-46-24-21-18-15-12-9-6-3)78-72(75)66-63-60-57-54-51-48-45-43-41-38-32-30-28-26-23-20-17-14-11-8-5-2/h8,11,17,20-21,24,26,28,32,38,43,45,51,54,69H,4-7,9-10,12-16,18-19,22-23,25,27,29-31,33-37,39-42,44,46-50,52-53,55-68H2,1-3H3/b11-8-,20-17-,24-21-,28-26-,38-32-,45-43-,54-51-. The molecule has 0 bridgehead atoms. The third kappa shape index (κ3) is 63.4. The second kappa shape index (κ2) is 66.1. The molecular weight excluding hydrogens is 961 g/mol. The molecule has 6 heteroatoms. The molecule has 0 amide bonds. The molecule has 0 heterocycles. The van der Waals surface area contributed by atoms with Gasteiger partial charge in [-0.25, -0.2) is 0 Å². The molecule has 0 aromatic rings. The van der Waals surface area contributed by atoms with E-state index in [0.29, 0.717) is 19.3 Å². The van der Waals surface area contributed by atoms with Gasteiger partial charge in [0.1, 0.15) is 13.2 Å². The molecule has 0 rings (SSSR count). The maximum atomic E-state index is 12.9. The first-order chi connectivity index (χ1) is 38.5. The molecule has 0 spiro atoms. The number of hydrogen-bond acceptors (Lipinski definition) is 6. The topological polar surface area (TPSA) is 78.9 Å². The van der Waals surface area contributed by atoms with Crippen molar-refractivity contribution in [3.05, 3.63) is 85.1 Å². The van der Waals surface area contributed by atoms with Crippen LogP contribution in [0.15, 0.2) is 85.1 Å². The van der Waals surface area contributed by atoms with Gasteiger partial charge in [0.25, 0.3) is 0 Å². The number of carbonyl (C=O) groups is 3. The van der Waals surface area contributed by atoms with E-state index in [0.717, 1.165) is 96.3 Å². The normalized spacial score (nSPS) is 12.6. The Morgan fingerprint density at radius 2 is 0.500 bits per heavy atom. The molecule has 0 saturated carbocycles. The molecule has 78 heavy (non-hydrogen) atoms. The molecule has 0 aliphatic heterocycles. The number of rotatable bonds is 61. The Morgan fingerprint density at radius 3 is 0.833 bits per heavy atom. The lowest BCUT2D eigenvalue weighted by atomic mass is 10.0. The average Bonchev–Trinajstić information content (AvgIpc) is 3.44. The molecule has 0 saturated heterocycles. The Morgan fingerprint density at radius 1 is 0.269 bits per heavy atom. The van der Waals surface area contributed by atoms with Crippen molar-refractivity contribution in [1.82, 2.24) is 0 Å². The average molecular weight is 1090 g/mol. The van der Waals surface area contributed by atoms with Gasteiger partial charge in [-0.05, 0) is 96.3 Å². The zero-order chi connectivity index (χ0) is 56.4. The largest absolute Gasteiger partial charge is 0.462 e.